The number of nitrogens with one attached hydrogen (secondary N) is 2. The van der Waals surface area contributed by atoms with Crippen LogP contribution in [0.15, 0.2) is 35.5 Å². The predicted octanol–water partition coefficient (Wildman–Crippen LogP) is 3.26. The molecule has 0 saturated heterocycles. The second kappa shape index (κ2) is 8.72. The molecule has 0 aromatic heterocycles. The van der Waals surface area contributed by atoms with Crippen LogP contribution < -0.4 is 10.6 Å². The van der Waals surface area contributed by atoms with Crippen molar-refractivity contribution < 1.29 is 9.94 Å². The molecule has 150 valence electrons. The second-order valence-electron chi connectivity index (χ2n) is 8.47. The van der Waals surface area contributed by atoms with Crippen LogP contribution in [-0.2, 0) is 4.84 Å². The van der Waals surface area contributed by atoms with Crippen molar-refractivity contribution in [1.29, 1.82) is 0 Å². The molecule has 0 bridgehead atoms. The molecule has 3 rings (SSSR count). The quantitative estimate of drug-likeness (QED) is 0.372. The minimum absolute atomic E-state index is 0.0874. The summed E-state index contributed by atoms with van der Waals surface area (Å²) in [5.74, 6) is 0.715. The van der Waals surface area contributed by atoms with Crippen molar-refractivity contribution in [3.05, 3.63) is 35.9 Å². The fourth-order valence-corrected chi connectivity index (χ4v) is 5.04. The minimum atomic E-state index is -0.614. The van der Waals surface area contributed by atoms with E-state index < -0.39 is 5.60 Å². The number of rotatable bonds is 8. The molecule has 27 heavy (non-hydrogen) atoms. The molecule has 1 aromatic carbocycles. The fourth-order valence-electron chi connectivity index (χ4n) is 5.04. The minimum Gasteiger partial charge on any atom is -0.389 e. The van der Waals surface area contributed by atoms with Gasteiger partial charge in [0.15, 0.2) is 6.23 Å². The van der Waals surface area contributed by atoms with E-state index in [1.807, 2.05) is 20.3 Å². The van der Waals surface area contributed by atoms with Gasteiger partial charge in [-0.15, -0.1) is 0 Å². The lowest BCUT2D eigenvalue weighted by Gasteiger charge is -2.48. The molecule has 2 saturated carbocycles. The Kier molecular flexibility index (Phi) is 6.56. The zero-order valence-electron chi connectivity index (χ0n) is 16.9. The molecule has 5 atom stereocenters. The van der Waals surface area contributed by atoms with E-state index in [1.54, 1.807) is 0 Å². The maximum atomic E-state index is 11.5. The van der Waals surface area contributed by atoms with Crippen LogP contribution in [0.2, 0.25) is 0 Å². The van der Waals surface area contributed by atoms with Crippen molar-refractivity contribution in [3.8, 4) is 0 Å². The van der Waals surface area contributed by atoms with Gasteiger partial charge in [-0.05, 0) is 64.2 Å². The van der Waals surface area contributed by atoms with Crippen molar-refractivity contribution in [1.82, 2.24) is 10.6 Å². The highest BCUT2D eigenvalue weighted by Crippen LogP contribution is 2.60. The topological polar surface area (TPSA) is 65.9 Å². The Morgan fingerprint density at radius 3 is 2.74 bits per heavy atom. The van der Waals surface area contributed by atoms with E-state index in [4.69, 9.17) is 4.84 Å². The van der Waals surface area contributed by atoms with Crippen molar-refractivity contribution in [2.75, 3.05) is 20.6 Å². The Labute approximate surface area is 163 Å². The molecule has 0 heterocycles. The molecule has 2 aliphatic carbocycles. The lowest BCUT2D eigenvalue weighted by atomic mass is 9.59. The molecule has 0 amide bonds. The van der Waals surface area contributed by atoms with Crippen LogP contribution in [0.25, 0.3) is 0 Å². The average molecular weight is 374 g/mol. The van der Waals surface area contributed by atoms with Gasteiger partial charge in [0, 0.05) is 24.0 Å². The Hall–Kier alpha value is -1.43. The van der Waals surface area contributed by atoms with Crippen molar-refractivity contribution in [3.63, 3.8) is 0 Å². The largest absolute Gasteiger partial charge is 0.389 e. The lowest BCUT2D eigenvalue weighted by Crippen LogP contribution is -2.49. The summed E-state index contributed by atoms with van der Waals surface area (Å²) in [6.07, 6.45) is 7.53. The monoisotopic (exact) mass is 373 g/mol. The van der Waals surface area contributed by atoms with Gasteiger partial charge in [-0.3, -0.25) is 5.32 Å². The highest BCUT2D eigenvalue weighted by atomic mass is 16.6. The van der Waals surface area contributed by atoms with Crippen LogP contribution in [0.1, 0.15) is 56.9 Å². The number of aliphatic hydroxyl groups is 1. The molecule has 0 radical (unpaired) electrons. The van der Waals surface area contributed by atoms with Crippen LogP contribution in [0.5, 0.6) is 0 Å². The Bertz CT molecular complexity index is 623. The Morgan fingerprint density at radius 1 is 1.26 bits per heavy atom. The first kappa shape index (κ1) is 20.3. The average Bonchev–Trinajstić information content (AvgIpc) is 2.95. The van der Waals surface area contributed by atoms with E-state index in [0.717, 1.165) is 45.1 Å². The van der Waals surface area contributed by atoms with Crippen LogP contribution in [0, 0.1) is 11.3 Å². The molecular weight excluding hydrogens is 338 g/mol. The van der Waals surface area contributed by atoms with Crippen LogP contribution in [0.4, 0.5) is 0 Å². The van der Waals surface area contributed by atoms with E-state index in [-0.39, 0.29) is 17.6 Å². The van der Waals surface area contributed by atoms with E-state index in [0.29, 0.717) is 5.92 Å². The van der Waals surface area contributed by atoms with Gasteiger partial charge in [-0.1, -0.05) is 42.4 Å². The van der Waals surface area contributed by atoms with Gasteiger partial charge < -0.3 is 15.3 Å². The fraction of sp³-hybridized carbons (Fsp3) is 0.682. The number of nitrogens with zero attached hydrogens (tertiary/aromatic N) is 1. The summed E-state index contributed by atoms with van der Waals surface area (Å²) in [6, 6.07) is 10.6. The number of hydrogen-bond donors (Lipinski definition) is 3. The Morgan fingerprint density at radius 2 is 2.04 bits per heavy atom. The van der Waals surface area contributed by atoms with Gasteiger partial charge in [0.25, 0.3) is 0 Å². The summed E-state index contributed by atoms with van der Waals surface area (Å²) in [4.78, 5) is 5.64. The smallest absolute Gasteiger partial charge is 0.179 e. The number of oxime groups is 1. The van der Waals surface area contributed by atoms with Crippen molar-refractivity contribution in [2.45, 2.75) is 63.2 Å². The molecular formula is C22H35N3O2. The molecule has 2 fully saturated rings. The zero-order chi connectivity index (χ0) is 19.3. The van der Waals surface area contributed by atoms with Gasteiger partial charge in [0.1, 0.15) is 0 Å². The Balaban J connectivity index is 1.63. The van der Waals surface area contributed by atoms with Gasteiger partial charge in [0.2, 0.25) is 0 Å². The summed E-state index contributed by atoms with van der Waals surface area (Å²) >= 11 is 0. The maximum absolute atomic E-state index is 11.5. The van der Waals surface area contributed by atoms with Crippen LogP contribution in [0.3, 0.4) is 0 Å². The van der Waals surface area contributed by atoms with Gasteiger partial charge in [-0.25, -0.2) is 0 Å². The predicted molar refractivity (Wildman–Crippen MR) is 110 cm³/mol. The maximum Gasteiger partial charge on any atom is 0.179 e. The van der Waals surface area contributed by atoms with Crippen LogP contribution >= 0.6 is 0 Å². The molecule has 0 spiro atoms. The zero-order valence-corrected chi connectivity index (χ0v) is 16.9. The molecule has 2 aliphatic rings. The first-order chi connectivity index (χ1) is 13.0. The number of fused-ring (bicyclic) bond motifs is 1. The summed E-state index contributed by atoms with van der Waals surface area (Å²) < 4.78 is 0. The summed E-state index contributed by atoms with van der Waals surface area (Å²) in [6.45, 7) is 3.12. The molecule has 1 aromatic rings. The van der Waals surface area contributed by atoms with Gasteiger partial charge in [0.05, 0.1) is 5.60 Å². The highest BCUT2D eigenvalue weighted by molar-refractivity contribution is 5.62. The van der Waals surface area contributed by atoms with Gasteiger partial charge >= 0.3 is 0 Å². The number of benzene rings is 1. The van der Waals surface area contributed by atoms with E-state index >= 15 is 0 Å². The number of hydrogen-bond acceptors (Lipinski definition) is 5. The summed E-state index contributed by atoms with van der Waals surface area (Å²) in [7, 11) is 3.82. The molecule has 5 heteroatoms. The normalized spacial score (nSPS) is 34.5. The SMILES string of the molecule is CNCCC(NC)ON=C[C@H]1CC[C@]2(O)C[C@@H](c3ccccc3)CC[C@]12C. The standard InChI is InChI=1S/C22H35N3O2/c1-21-12-9-18(17-7-5-4-6-8-17)15-22(21,26)13-10-19(21)16-25-27-20(24-3)11-14-23-2/h4-8,16,18-20,23-24,26H,9-15H2,1-3H3/t18-,19+,20?,21+,22-/m0/s1. The summed E-state index contributed by atoms with van der Waals surface area (Å²) in [5.41, 5.74) is 0.622. The highest BCUT2D eigenvalue weighted by Gasteiger charge is 2.58. The van der Waals surface area contributed by atoms with Crippen molar-refractivity contribution >= 4 is 6.21 Å². The van der Waals surface area contributed by atoms with Crippen molar-refractivity contribution in [2.24, 2.45) is 16.5 Å². The molecule has 1 unspecified atom stereocenters. The summed E-state index contributed by atoms with van der Waals surface area (Å²) in [5, 5.41) is 22.1. The first-order valence-corrected chi connectivity index (χ1v) is 10.3. The van der Waals surface area contributed by atoms with Crippen LogP contribution in [-0.4, -0.2) is 43.8 Å². The molecule has 0 aliphatic heterocycles. The molecule has 5 nitrogen and oxygen atoms in total. The second-order valence-corrected chi connectivity index (χ2v) is 8.47. The van der Waals surface area contributed by atoms with E-state index in [9.17, 15) is 5.11 Å². The third-order valence-electron chi connectivity index (χ3n) is 7.02. The van der Waals surface area contributed by atoms with E-state index in [1.165, 1.54) is 5.56 Å². The first-order valence-electron chi connectivity index (χ1n) is 10.3. The van der Waals surface area contributed by atoms with E-state index in [2.05, 4.69) is 53.0 Å². The van der Waals surface area contributed by atoms with Gasteiger partial charge in [-0.2, -0.15) is 0 Å². The third kappa shape index (κ3) is 4.20. The lowest BCUT2D eigenvalue weighted by molar-refractivity contribution is -0.0960. The molecule has 3 N–H and O–H groups in total. The third-order valence-corrected chi connectivity index (χ3v) is 7.02.